The van der Waals surface area contributed by atoms with Gasteiger partial charge in [0.1, 0.15) is 11.4 Å². The molecule has 11 heteroatoms. The molecule has 40 heavy (non-hydrogen) atoms. The van der Waals surface area contributed by atoms with E-state index in [-0.39, 0.29) is 4.90 Å². The molecule has 2 amide bonds. The van der Waals surface area contributed by atoms with Gasteiger partial charge in [-0.2, -0.15) is 0 Å². The van der Waals surface area contributed by atoms with Crippen LogP contribution in [-0.2, 0) is 19.6 Å². The van der Waals surface area contributed by atoms with Crippen LogP contribution in [-0.4, -0.2) is 35.1 Å². The summed E-state index contributed by atoms with van der Waals surface area (Å²) < 4.78 is 37.9. The quantitative estimate of drug-likeness (QED) is 0.264. The molecule has 0 aliphatic heterocycles. The number of nitrogens with zero attached hydrogens (tertiary/aromatic N) is 2. The number of ether oxygens (including phenoxy) is 1. The molecule has 0 radical (unpaired) electrons. The molecule has 2 aromatic heterocycles. The fourth-order valence-electron chi connectivity index (χ4n) is 3.91. The van der Waals surface area contributed by atoms with Crippen molar-refractivity contribution in [3.05, 3.63) is 90.1 Å². The van der Waals surface area contributed by atoms with Crippen LogP contribution in [0.3, 0.4) is 0 Å². The van der Waals surface area contributed by atoms with Crippen molar-refractivity contribution in [1.82, 2.24) is 9.13 Å². The molecule has 4 rings (SSSR count). The molecule has 0 aliphatic rings. The number of amides is 2. The molecular formula is C29H30N4O6S. The third kappa shape index (κ3) is 6.67. The number of rotatable bonds is 7. The van der Waals surface area contributed by atoms with Gasteiger partial charge in [0.05, 0.1) is 22.0 Å². The molecule has 4 aromatic rings. The monoisotopic (exact) mass is 562 g/mol. The predicted molar refractivity (Wildman–Crippen MR) is 152 cm³/mol. The molecule has 0 aliphatic carbocycles. The lowest BCUT2D eigenvalue weighted by Gasteiger charge is -2.20. The lowest BCUT2D eigenvalue weighted by atomic mass is 10.0. The summed E-state index contributed by atoms with van der Waals surface area (Å²) in [6.07, 6.45) is 4.94. The third-order valence-electron chi connectivity index (χ3n) is 5.69. The Labute approximate surface area is 232 Å². The summed E-state index contributed by atoms with van der Waals surface area (Å²) in [5.41, 5.74) is 2.95. The Hall–Kier alpha value is -4.64. The molecule has 2 aromatic carbocycles. The molecule has 208 valence electrons. The zero-order valence-corrected chi connectivity index (χ0v) is 23.6. The predicted octanol–water partition coefficient (Wildman–Crippen LogP) is 6.00. The summed E-state index contributed by atoms with van der Waals surface area (Å²) in [5.74, 6) is 0.186. The van der Waals surface area contributed by atoms with Crippen LogP contribution >= 0.6 is 0 Å². The Morgan fingerprint density at radius 1 is 0.975 bits per heavy atom. The van der Waals surface area contributed by atoms with Crippen LogP contribution in [0.4, 0.5) is 16.2 Å². The second-order valence-corrected chi connectivity index (χ2v) is 11.8. The SMILES string of the molecule is Cc1noc(C)c1-c1ccc(S(=O)(=O)n2ccc(/C=C/C(=O)Nc3ccccc3NC(=O)OC(C)(C)C)c2)cc1. The van der Waals surface area contributed by atoms with Gasteiger partial charge in [0.2, 0.25) is 5.91 Å². The average molecular weight is 563 g/mol. The Morgan fingerprint density at radius 2 is 1.62 bits per heavy atom. The number of carbonyl (C=O) groups is 2. The summed E-state index contributed by atoms with van der Waals surface area (Å²) >= 11 is 0. The highest BCUT2D eigenvalue weighted by Crippen LogP contribution is 2.28. The second kappa shape index (κ2) is 11.2. The van der Waals surface area contributed by atoms with Gasteiger partial charge in [-0.3, -0.25) is 10.1 Å². The van der Waals surface area contributed by atoms with Crippen LogP contribution in [0.2, 0.25) is 0 Å². The minimum Gasteiger partial charge on any atom is -0.444 e. The molecule has 2 N–H and O–H groups in total. The lowest BCUT2D eigenvalue weighted by Crippen LogP contribution is -2.27. The van der Waals surface area contributed by atoms with E-state index in [2.05, 4.69) is 15.8 Å². The Bertz CT molecular complexity index is 1660. The van der Waals surface area contributed by atoms with Gasteiger partial charge in [-0.25, -0.2) is 17.2 Å². The average Bonchev–Trinajstić information content (AvgIpc) is 3.49. The summed E-state index contributed by atoms with van der Waals surface area (Å²) in [5, 5.41) is 9.27. The molecule has 0 saturated carbocycles. The standard InChI is InChI=1S/C29H30N4O6S/c1-19-27(20(2)39-32-19)22-11-13-23(14-12-22)40(36,37)33-17-16-21(18-33)10-15-26(34)30-24-8-6-7-9-25(24)31-28(35)38-29(3,4)5/h6-18H,1-5H3,(H,30,34)(H,31,35)/b15-10+. The van der Waals surface area contributed by atoms with E-state index in [1.807, 2.05) is 6.92 Å². The van der Waals surface area contributed by atoms with Gasteiger partial charge in [0, 0.05) is 24.0 Å². The highest BCUT2D eigenvalue weighted by Gasteiger charge is 2.19. The lowest BCUT2D eigenvalue weighted by molar-refractivity contribution is -0.111. The first-order chi connectivity index (χ1) is 18.8. The summed E-state index contributed by atoms with van der Waals surface area (Å²) in [4.78, 5) is 24.8. The van der Waals surface area contributed by atoms with E-state index >= 15 is 0 Å². The number of benzene rings is 2. The number of anilines is 2. The van der Waals surface area contributed by atoms with Crippen molar-refractivity contribution in [3.63, 3.8) is 0 Å². The van der Waals surface area contributed by atoms with Crippen molar-refractivity contribution < 1.29 is 27.3 Å². The number of carbonyl (C=O) groups excluding carboxylic acids is 2. The summed E-state index contributed by atoms with van der Waals surface area (Å²) in [6, 6.07) is 14.8. The van der Waals surface area contributed by atoms with Gasteiger partial charge in [0.15, 0.2) is 0 Å². The number of aromatic nitrogens is 2. The number of hydrogen-bond acceptors (Lipinski definition) is 7. The van der Waals surface area contributed by atoms with Crippen LogP contribution in [0.25, 0.3) is 17.2 Å². The Balaban J connectivity index is 1.43. The zero-order chi connectivity index (χ0) is 29.1. The molecule has 2 heterocycles. The Morgan fingerprint density at radius 3 is 2.23 bits per heavy atom. The molecule has 0 atom stereocenters. The van der Waals surface area contributed by atoms with Crippen LogP contribution in [0.5, 0.6) is 0 Å². The van der Waals surface area contributed by atoms with Gasteiger partial charge in [-0.1, -0.05) is 29.4 Å². The largest absolute Gasteiger partial charge is 0.444 e. The van der Waals surface area contributed by atoms with Crippen molar-refractivity contribution >= 4 is 39.5 Å². The Kier molecular flexibility index (Phi) is 7.96. The smallest absolute Gasteiger partial charge is 0.412 e. The van der Waals surface area contributed by atoms with Crippen LogP contribution < -0.4 is 10.6 Å². The second-order valence-electron chi connectivity index (χ2n) is 10.00. The molecule has 0 saturated heterocycles. The number of hydrogen-bond donors (Lipinski definition) is 2. The zero-order valence-electron chi connectivity index (χ0n) is 22.8. The highest BCUT2D eigenvalue weighted by molar-refractivity contribution is 7.90. The van der Waals surface area contributed by atoms with E-state index in [0.29, 0.717) is 22.7 Å². The van der Waals surface area contributed by atoms with E-state index in [9.17, 15) is 18.0 Å². The molecule has 0 spiro atoms. The summed E-state index contributed by atoms with van der Waals surface area (Å²) in [6.45, 7) is 8.88. The van der Waals surface area contributed by atoms with Gasteiger partial charge in [-0.15, -0.1) is 0 Å². The minimum atomic E-state index is -3.85. The normalized spacial score (nSPS) is 11.9. The topological polar surface area (TPSA) is 133 Å². The first-order valence-electron chi connectivity index (χ1n) is 12.4. The van der Waals surface area contributed by atoms with Gasteiger partial charge in [-0.05, 0) is 82.2 Å². The van der Waals surface area contributed by atoms with Gasteiger partial charge < -0.3 is 14.6 Å². The molecule has 10 nitrogen and oxygen atoms in total. The molecular weight excluding hydrogens is 532 g/mol. The maximum atomic E-state index is 13.2. The number of para-hydroxylation sites is 2. The van der Waals surface area contributed by atoms with E-state index in [0.717, 1.165) is 20.8 Å². The minimum absolute atomic E-state index is 0.112. The van der Waals surface area contributed by atoms with Crippen molar-refractivity contribution in [2.75, 3.05) is 10.6 Å². The van der Waals surface area contributed by atoms with Gasteiger partial charge >= 0.3 is 6.09 Å². The highest BCUT2D eigenvalue weighted by atomic mass is 32.2. The molecule has 0 unspecified atom stereocenters. The van der Waals surface area contributed by atoms with E-state index in [4.69, 9.17) is 9.26 Å². The van der Waals surface area contributed by atoms with Crippen LogP contribution in [0, 0.1) is 13.8 Å². The number of nitrogens with one attached hydrogen (secondary N) is 2. The maximum Gasteiger partial charge on any atom is 0.412 e. The van der Waals surface area contributed by atoms with E-state index < -0.39 is 27.6 Å². The fraction of sp³-hybridized carbons (Fsp3) is 0.207. The first kappa shape index (κ1) is 28.4. The van der Waals surface area contributed by atoms with Gasteiger partial charge in [0.25, 0.3) is 10.0 Å². The van der Waals surface area contributed by atoms with Crippen LogP contribution in [0.1, 0.15) is 37.8 Å². The van der Waals surface area contributed by atoms with Crippen molar-refractivity contribution in [1.29, 1.82) is 0 Å². The van der Waals surface area contributed by atoms with E-state index in [1.54, 1.807) is 70.2 Å². The summed E-state index contributed by atoms with van der Waals surface area (Å²) in [7, 11) is -3.85. The van der Waals surface area contributed by atoms with Crippen molar-refractivity contribution in [3.8, 4) is 11.1 Å². The first-order valence-corrected chi connectivity index (χ1v) is 13.8. The fourth-order valence-corrected chi connectivity index (χ4v) is 5.12. The number of aryl methyl sites for hydroxylation is 2. The molecule has 0 bridgehead atoms. The maximum absolute atomic E-state index is 13.2. The van der Waals surface area contributed by atoms with Crippen molar-refractivity contribution in [2.45, 2.75) is 45.1 Å². The van der Waals surface area contributed by atoms with Crippen molar-refractivity contribution in [2.24, 2.45) is 0 Å². The van der Waals surface area contributed by atoms with Crippen LogP contribution in [0.15, 0.2) is 82.5 Å². The third-order valence-corrected chi connectivity index (χ3v) is 7.34. The molecule has 0 fully saturated rings. The van der Waals surface area contributed by atoms with E-state index in [1.165, 1.54) is 36.7 Å².